The van der Waals surface area contributed by atoms with Crippen molar-refractivity contribution in [3.8, 4) is 0 Å². The number of hydrogen-bond acceptors (Lipinski definition) is 2. The van der Waals surface area contributed by atoms with Crippen molar-refractivity contribution in [2.24, 2.45) is 5.73 Å². The van der Waals surface area contributed by atoms with Crippen molar-refractivity contribution in [3.63, 3.8) is 0 Å². The first-order valence-corrected chi connectivity index (χ1v) is 6.05. The topological polar surface area (TPSA) is 43.8 Å². The van der Waals surface area contributed by atoms with Gasteiger partial charge in [0.25, 0.3) is 0 Å². The molecule has 1 saturated carbocycles. The molecular formula is C12H21N3. The van der Waals surface area contributed by atoms with Gasteiger partial charge >= 0.3 is 0 Å². The molecule has 0 aliphatic heterocycles. The first kappa shape index (κ1) is 10.7. The monoisotopic (exact) mass is 207 g/mol. The van der Waals surface area contributed by atoms with E-state index in [2.05, 4.69) is 22.8 Å². The molecule has 0 amide bonds. The third-order valence-corrected chi connectivity index (χ3v) is 3.37. The molecule has 0 aromatic carbocycles. The zero-order valence-corrected chi connectivity index (χ0v) is 9.74. The molecule has 84 valence electrons. The second-order valence-corrected chi connectivity index (χ2v) is 4.58. The standard InChI is InChI=1S/C12H21N3/c1-3-15-12(9(2)13)8-11(14-15)10-6-4-5-7-10/h8-10H,3-7,13H2,1-2H3. The van der Waals surface area contributed by atoms with Crippen LogP contribution in [0.5, 0.6) is 0 Å². The number of aromatic nitrogens is 2. The van der Waals surface area contributed by atoms with Crippen LogP contribution in [0.1, 0.15) is 62.9 Å². The number of hydrogen-bond donors (Lipinski definition) is 1. The van der Waals surface area contributed by atoms with Crippen LogP contribution in [0.3, 0.4) is 0 Å². The fourth-order valence-corrected chi connectivity index (χ4v) is 2.49. The second-order valence-electron chi connectivity index (χ2n) is 4.58. The maximum atomic E-state index is 5.94. The molecule has 1 heterocycles. The number of nitrogens with zero attached hydrogens (tertiary/aromatic N) is 2. The smallest absolute Gasteiger partial charge is 0.0659 e. The van der Waals surface area contributed by atoms with Crippen LogP contribution in [0.4, 0.5) is 0 Å². The van der Waals surface area contributed by atoms with E-state index in [1.165, 1.54) is 37.1 Å². The van der Waals surface area contributed by atoms with Crippen molar-refractivity contribution in [1.82, 2.24) is 9.78 Å². The number of aryl methyl sites for hydroxylation is 1. The Morgan fingerprint density at radius 3 is 2.67 bits per heavy atom. The van der Waals surface area contributed by atoms with E-state index >= 15 is 0 Å². The zero-order chi connectivity index (χ0) is 10.8. The summed E-state index contributed by atoms with van der Waals surface area (Å²) in [6.45, 7) is 5.07. The minimum Gasteiger partial charge on any atom is -0.323 e. The quantitative estimate of drug-likeness (QED) is 0.828. The predicted molar refractivity (Wildman–Crippen MR) is 61.7 cm³/mol. The molecule has 0 bridgehead atoms. The largest absolute Gasteiger partial charge is 0.323 e. The van der Waals surface area contributed by atoms with Crippen LogP contribution in [0, 0.1) is 0 Å². The Morgan fingerprint density at radius 2 is 2.20 bits per heavy atom. The van der Waals surface area contributed by atoms with E-state index in [0.717, 1.165) is 6.54 Å². The van der Waals surface area contributed by atoms with Gasteiger partial charge in [-0.2, -0.15) is 5.10 Å². The Kier molecular flexibility index (Phi) is 3.10. The van der Waals surface area contributed by atoms with Gasteiger partial charge in [0.1, 0.15) is 0 Å². The van der Waals surface area contributed by atoms with Crippen molar-refractivity contribution in [3.05, 3.63) is 17.5 Å². The summed E-state index contributed by atoms with van der Waals surface area (Å²) in [6, 6.07) is 2.30. The molecule has 1 aliphatic carbocycles. The first-order valence-electron chi connectivity index (χ1n) is 6.05. The van der Waals surface area contributed by atoms with Crippen molar-refractivity contribution < 1.29 is 0 Å². The van der Waals surface area contributed by atoms with Gasteiger partial charge in [-0.3, -0.25) is 4.68 Å². The molecular weight excluding hydrogens is 186 g/mol. The fourth-order valence-electron chi connectivity index (χ4n) is 2.49. The highest BCUT2D eigenvalue weighted by Crippen LogP contribution is 2.34. The lowest BCUT2D eigenvalue weighted by Crippen LogP contribution is -2.12. The van der Waals surface area contributed by atoms with E-state index in [1.54, 1.807) is 0 Å². The van der Waals surface area contributed by atoms with Crippen LogP contribution in [0.25, 0.3) is 0 Å². The summed E-state index contributed by atoms with van der Waals surface area (Å²) in [7, 11) is 0. The minimum absolute atomic E-state index is 0.0904. The van der Waals surface area contributed by atoms with Gasteiger partial charge in [-0.25, -0.2) is 0 Å². The molecule has 2 N–H and O–H groups in total. The van der Waals surface area contributed by atoms with Gasteiger partial charge < -0.3 is 5.73 Å². The predicted octanol–water partition coefficient (Wildman–Crippen LogP) is 2.58. The maximum Gasteiger partial charge on any atom is 0.0659 e. The summed E-state index contributed by atoms with van der Waals surface area (Å²) < 4.78 is 2.05. The van der Waals surface area contributed by atoms with Crippen LogP contribution >= 0.6 is 0 Å². The van der Waals surface area contributed by atoms with E-state index in [-0.39, 0.29) is 6.04 Å². The summed E-state index contributed by atoms with van der Waals surface area (Å²) in [5.41, 5.74) is 8.39. The van der Waals surface area contributed by atoms with Gasteiger partial charge in [0.05, 0.1) is 11.4 Å². The highest BCUT2D eigenvalue weighted by molar-refractivity contribution is 5.17. The van der Waals surface area contributed by atoms with Crippen LogP contribution < -0.4 is 5.73 Å². The third-order valence-electron chi connectivity index (χ3n) is 3.37. The molecule has 1 fully saturated rings. The van der Waals surface area contributed by atoms with E-state index in [0.29, 0.717) is 5.92 Å². The zero-order valence-electron chi connectivity index (χ0n) is 9.74. The normalized spacial score (nSPS) is 19.7. The van der Waals surface area contributed by atoms with Crippen molar-refractivity contribution in [2.75, 3.05) is 0 Å². The van der Waals surface area contributed by atoms with E-state index < -0.39 is 0 Å². The molecule has 1 aromatic heterocycles. The Morgan fingerprint density at radius 1 is 1.53 bits per heavy atom. The molecule has 3 heteroatoms. The Balaban J connectivity index is 2.25. The van der Waals surface area contributed by atoms with E-state index in [1.807, 2.05) is 6.92 Å². The van der Waals surface area contributed by atoms with Crippen molar-refractivity contribution >= 4 is 0 Å². The van der Waals surface area contributed by atoms with E-state index in [4.69, 9.17) is 5.73 Å². The average molecular weight is 207 g/mol. The molecule has 2 rings (SSSR count). The summed E-state index contributed by atoms with van der Waals surface area (Å²) in [4.78, 5) is 0. The van der Waals surface area contributed by atoms with Crippen LogP contribution in [0.2, 0.25) is 0 Å². The summed E-state index contributed by atoms with van der Waals surface area (Å²) in [6.07, 6.45) is 5.33. The SMILES string of the molecule is CCn1nc(C2CCCC2)cc1C(C)N. The molecule has 0 spiro atoms. The molecule has 1 aliphatic rings. The van der Waals surface area contributed by atoms with Crippen molar-refractivity contribution in [1.29, 1.82) is 0 Å². The van der Waals surface area contributed by atoms with Gasteiger partial charge in [-0.1, -0.05) is 12.8 Å². The van der Waals surface area contributed by atoms with Crippen molar-refractivity contribution in [2.45, 2.75) is 58.0 Å². The van der Waals surface area contributed by atoms with Gasteiger partial charge in [-0.15, -0.1) is 0 Å². The second kappa shape index (κ2) is 4.35. The van der Waals surface area contributed by atoms with Gasteiger partial charge in [0.2, 0.25) is 0 Å². The molecule has 0 saturated heterocycles. The Labute approximate surface area is 91.7 Å². The van der Waals surface area contributed by atoms with E-state index in [9.17, 15) is 0 Å². The Bertz CT molecular complexity index is 322. The molecule has 15 heavy (non-hydrogen) atoms. The molecule has 1 unspecified atom stereocenters. The highest BCUT2D eigenvalue weighted by atomic mass is 15.3. The first-order chi connectivity index (χ1) is 7.22. The number of nitrogens with two attached hydrogens (primary N) is 1. The van der Waals surface area contributed by atoms with Crippen LogP contribution in [0.15, 0.2) is 6.07 Å². The summed E-state index contributed by atoms with van der Waals surface area (Å²) in [5.74, 6) is 0.690. The maximum absolute atomic E-state index is 5.94. The third kappa shape index (κ3) is 2.07. The minimum atomic E-state index is 0.0904. The molecule has 3 nitrogen and oxygen atoms in total. The number of rotatable bonds is 3. The lowest BCUT2D eigenvalue weighted by molar-refractivity contribution is 0.572. The highest BCUT2D eigenvalue weighted by Gasteiger charge is 2.21. The van der Waals surface area contributed by atoms with Gasteiger partial charge in [0.15, 0.2) is 0 Å². The van der Waals surface area contributed by atoms with Crippen LogP contribution in [-0.2, 0) is 6.54 Å². The fraction of sp³-hybridized carbons (Fsp3) is 0.750. The average Bonchev–Trinajstić information content (AvgIpc) is 2.86. The summed E-state index contributed by atoms with van der Waals surface area (Å²) >= 11 is 0. The molecule has 0 radical (unpaired) electrons. The summed E-state index contributed by atoms with van der Waals surface area (Å²) in [5, 5.41) is 4.67. The van der Waals surface area contributed by atoms with Gasteiger partial charge in [-0.05, 0) is 32.8 Å². The lowest BCUT2D eigenvalue weighted by atomic mass is 10.0. The molecule has 1 atom stereocenters. The lowest BCUT2D eigenvalue weighted by Gasteiger charge is -2.06. The van der Waals surface area contributed by atoms with Gasteiger partial charge in [0, 0.05) is 18.5 Å². The van der Waals surface area contributed by atoms with Crippen LogP contribution in [-0.4, -0.2) is 9.78 Å². The Hall–Kier alpha value is -0.830. The molecule has 1 aromatic rings.